The van der Waals surface area contributed by atoms with Crippen molar-refractivity contribution in [1.29, 1.82) is 5.41 Å². The molecular weight excluding hydrogens is 389 g/mol. The van der Waals surface area contributed by atoms with Crippen LogP contribution in [0.5, 0.6) is 11.5 Å². The van der Waals surface area contributed by atoms with Gasteiger partial charge in [0.25, 0.3) is 5.91 Å². The average molecular weight is 406 g/mol. The fraction of sp³-hybridized carbons (Fsp3) is 0.167. The van der Waals surface area contributed by atoms with Crippen LogP contribution in [0.2, 0.25) is 0 Å². The summed E-state index contributed by atoms with van der Waals surface area (Å²) in [4.78, 5) is 19.7. The molecule has 0 aliphatic heterocycles. The van der Waals surface area contributed by atoms with Crippen LogP contribution in [0.3, 0.4) is 0 Å². The summed E-state index contributed by atoms with van der Waals surface area (Å²) in [7, 11) is 1.24. The molecule has 3 rings (SSSR count). The molecule has 2 heterocycles. The summed E-state index contributed by atoms with van der Waals surface area (Å²) in [5.41, 5.74) is 10.4. The smallest absolute Gasteiger partial charge is 0.417 e. The van der Waals surface area contributed by atoms with E-state index in [1.165, 1.54) is 25.5 Å². The number of fused-ring (bicyclic) bond motifs is 1. The molecule has 8 nitrogen and oxygen atoms in total. The molecule has 0 saturated heterocycles. The number of nitrogens with zero attached hydrogens (tertiary/aromatic N) is 2. The Labute approximate surface area is 162 Å². The maximum absolute atomic E-state index is 13.6. The molecule has 0 fully saturated rings. The molecule has 1 aromatic carbocycles. The first-order chi connectivity index (χ1) is 13.6. The molecule has 0 bridgehead atoms. The fourth-order valence-electron chi connectivity index (χ4n) is 2.68. The summed E-state index contributed by atoms with van der Waals surface area (Å²) in [6.07, 6.45) is -1.82. The van der Waals surface area contributed by atoms with Crippen molar-refractivity contribution in [2.45, 2.75) is 12.7 Å². The minimum absolute atomic E-state index is 0.0399. The number of halogens is 3. The van der Waals surface area contributed by atoms with Crippen LogP contribution in [0.25, 0.3) is 10.9 Å². The summed E-state index contributed by atoms with van der Waals surface area (Å²) in [6, 6.07) is 4.81. The van der Waals surface area contributed by atoms with Gasteiger partial charge in [0, 0.05) is 31.2 Å². The SMILES string of the molecule is CN(C(=N)N)C(=O)c1cc2c(C(F)(F)F)cc(Oc3cncc(CN)c3)cc2[nH]1. The van der Waals surface area contributed by atoms with Crippen LogP contribution in [0.15, 0.2) is 36.7 Å². The minimum atomic E-state index is -4.69. The molecule has 29 heavy (non-hydrogen) atoms. The first-order valence-corrected chi connectivity index (χ1v) is 8.28. The molecule has 0 atom stereocenters. The molecule has 11 heteroatoms. The van der Waals surface area contributed by atoms with Crippen LogP contribution in [-0.4, -0.2) is 33.8 Å². The summed E-state index contributed by atoms with van der Waals surface area (Å²) in [6.45, 7) is 0.197. The van der Waals surface area contributed by atoms with Gasteiger partial charge in [-0.15, -0.1) is 0 Å². The second-order valence-corrected chi connectivity index (χ2v) is 6.20. The van der Waals surface area contributed by atoms with E-state index in [0.717, 1.165) is 17.0 Å². The molecule has 0 aliphatic rings. The van der Waals surface area contributed by atoms with Crippen LogP contribution in [0.1, 0.15) is 21.6 Å². The van der Waals surface area contributed by atoms with Crippen molar-refractivity contribution in [1.82, 2.24) is 14.9 Å². The summed E-state index contributed by atoms with van der Waals surface area (Å²) in [5.74, 6) is -1.16. The number of aromatic amines is 1. The minimum Gasteiger partial charge on any atom is -0.456 e. The first-order valence-electron chi connectivity index (χ1n) is 8.28. The number of H-pyrrole nitrogens is 1. The average Bonchev–Trinajstić information content (AvgIpc) is 3.09. The van der Waals surface area contributed by atoms with Crippen molar-refractivity contribution >= 4 is 22.8 Å². The second kappa shape index (κ2) is 7.43. The van der Waals surface area contributed by atoms with E-state index in [9.17, 15) is 18.0 Å². The monoisotopic (exact) mass is 406 g/mol. The van der Waals surface area contributed by atoms with Gasteiger partial charge in [0.2, 0.25) is 0 Å². The molecule has 6 N–H and O–H groups in total. The van der Waals surface area contributed by atoms with Gasteiger partial charge >= 0.3 is 6.18 Å². The third-order valence-electron chi connectivity index (χ3n) is 4.15. The maximum atomic E-state index is 13.6. The molecule has 3 aromatic rings. The third kappa shape index (κ3) is 4.14. The highest BCUT2D eigenvalue weighted by molar-refractivity contribution is 6.06. The predicted molar refractivity (Wildman–Crippen MR) is 99.5 cm³/mol. The van der Waals surface area contributed by atoms with Gasteiger partial charge in [0.15, 0.2) is 5.96 Å². The number of rotatable bonds is 4. The van der Waals surface area contributed by atoms with Crippen molar-refractivity contribution in [2.75, 3.05) is 7.05 Å². The highest BCUT2D eigenvalue weighted by Gasteiger charge is 2.34. The van der Waals surface area contributed by atoms with E-state index in [-0.39, 0.29) is 34.6 Å². The first kappa shape index (κ1) is 20.1. The Kier molecular flexibility index (Phi) is 5.16. The summed E-state index contributed by atoms with van der Waals surface area (Å²) >= 11 is 0. The van der Waals surface area contributed by atoms with Crippen LogP contribution in [0, 0.1) is 5.41 Å². The van der Waals surface area contributed by atoms with Crippen LogP contribution >= 0.6 is 0 Å². The van der Waals surface area contributed by atoms with E-state index < -0.39 is 23.6 Å². The number of hydrogen-bond donors (Lipinski definition) is 4. The highest BCUT2D eigenvalue weighted by atomic mass is 19.4. The van der Waals surface area contributed by atoms with E-state index >= 15 is 0 Å². The molecule has 0 unspecified atom stereocenters. The van der Waals surface area contributed by atoms with Gasteiger partial charge < -0.3 is 21.2 Å². The number of alkyl halides is 3. The lowest BCUT2D eigenvalue weighted by Crippen LogP contribution is -2.38. The predicted octanol–water partition coefficient (Wildman–Crippen LogP) is 2.80. The van der Waals surface area contributed by atoms with Crippen molar-refractivity contribution in [3.05, 3.63) is 53.5 Å². The molecule has 0 saturated carbocycles. The Hall–Kier alpha value is -3.60. The van der Waals surface area contributed by atoms with Crippen molar-refractivity contribution in [2.24, 2.45) is 11.5 Å². The van der Waals surface area contributed by atoms with E-state index in [4.69, 9.17) is 21.6 Å². The molecule has 1 amide bonds. The normalized spacial score (nSPS) is 11.5. The zero-order chi connectivity index (χ0) is 21.3. The number of aromatic nitrogens is 2. The van der Waals surface area contributed by atoms with E-state index in [1.54, 1.807) is 6.07 Å². The molecule has 0 spiro atoms. The summed E-state index contributed by atoms with van der Waals surface area (Å²) < 4.78 is 46.3. The number of guanidine groups is 1. The summed E-state index contributed by atoms with van der Waals surface area (Å²) in [5, 5.41) is 7.09. The largest absolute Gasteiger partial charge is 0.456 e. The van der Waals surface area contributed by atoms with Gasteiger partial charge in [-0.25, -0.2) is 0 Å². The Balaban J connectivity index is 2.08. The number of nitrogens with one attached hydrogen (secondary N) is 2. The molecule has 0 aliphatic carbocycles. The molecular formula is C18H17F3N6O2. The highest BCUT2D eigenvalue weighted by Crippen LogP contribution is 2.39. The molecule has 152 valence electrons. The van der Waals surface area contributed by atoms with Gasteiger partial charge in [0.1, 0.15) is 17.2 Å². The van der Waals surface area contributed by atoms with Gasteiger partial charge in [-0.05, 0) is 23.8 Å². The number of nitrogens with two attached hydrogens (primary N) is 2. The third-order valence-corrected chi connectivity index (χ3v) is 4.15. The zero-order valence-corrected chi connectivity index (χ0v) is 15.2. The topological polar surface area (TPSA) is 134 Å². The Morgan fingerprint density at radius 2 is 1.97 bits per heavy atom. The van der Waals surface area contributed by atoms with E-state index in [0.29, 0.717) is 5.56 Å². The fourth-order valence-corrected chi connectivity index (χ4v) is 2.68. The standard InChI is InChI=1S/C18H17F3N6O2/c1-27(17(23)24)16(28)15-5-12-13(18(19,20)21)3-10(4-14(12)26-15)29-11-2-9(6-22)7-25-8-11/h2-5,7-8,26H,6,22H2,1H3,(H3,23,24). The van der Waals surface area contributed by atoms with Gasteiger partial charge in [-0.3, -0.25) is 20.1 Å². The maximum Gasteiger partial charge on any atom is 0.417 e. The van der Waals surface area contributed by atoms with Crippen molar-refractivity contribution in [3.8, 4) is 11.5 Å². The van der Waals surface area contributed by atoms with Gasteiger partial charge in [-0.2, -0.15) is 13.2 Å². The zero-order valence-electron chi connectivity index (χ0n) is 15.2. The number of carbonyl (C=O) groups is 1. The Bertz CT molecular complexity index is 1090. The van der Waals surface area contributed by atoms with Crippen molar-refractivity contribution in [3.63, 3.8) is 0 Å². The number of pyridine rings is 1. The van der Waals surface area contributed by atoms with E-state index in [2.05, 4.69) is 9.97 Å². The van der Waals surface area contributed by atoms with Crippen molar-refractivity contribution < 1.29 is 22.7 Å². The Morgan fingerprint density at radius 1 is 1.24 bits per heavy atom. The lowest BCUT2D eigenvalue weighted by molar-refractivity contribution is -0.136. The lowest BCUT2D eigenvalue weighted by atomic mass is 10.1. The van der Waals surface area contributed by atoms with Crippen LogP contribution in [0.4, 0.5) is 13.2 Å². The number of benzene rings is 1. The number of amides is 1. The molecule has 2 aromatic heterocycles. The Morgan fingerprint density at radius 3 is 2.59 bits per heavy atom. The number of carbonyl (C=O) groups excluding carboxylic acids is 1. The van der Waals surface area contributed by atoms with Gasteiger partial charge in [0.05, 0.1) is 17.3 Å². The second-order valence-electron chi connectivity index (χ2n) is 6.20. The number of hydrogen-bond acceptors (Lipinski definition) is 5. The lowest BCUT2D eigenvalue weighted by Gasteiger charge is -2.12. The molecule has 0 radical (unpaired) electrons. The van der Waals surface area contributed by atoms with Crippen LogP contribution in [-0.2, 0) is 12.7 Å². The van der Waals surface area contributed by atoms with Crippen LogP contribution < -0.4 is 16.2 Å². The van der Waals surface area contributed by atoms with Gasteiger partial charge in [-0.1, -0.05) is 0 Å². The number of ether oxygens (including phenoxy) is 1. The quantitative estimate of drug-likeness (QED) is 0.390. The van der Waals surface area contributed by atoms with E-state index in [1.807, 2.05) is 0 Å².